The largest absolute Gasteiger partial charge is 0.489 e. The van der Waals surface area contributed by atoms with Gasteiger partial charge in [-0.25, -0.2) is 13.8 Å². The third-order valence-corrected chi connectivity index (χ3v) is 14.3. The van der Waals surface area contributed by atoms with Crippen LogP contribution < -0.4 is 36.6 Å². The number of methoxy groups -OCH3 is 1. The second-order valence-corrected chi connectivity index (χ2v) is 25.3. The van der Waals surface area contributed by atoms with Gasteiger partial charge >= 0.3 is 24.2 Å². The maximum absolute atomic E-state index is 14.2. The highest BCUT2D eigenvalue weighted by molar-refractivity contribution is 7.57. The molecule has 22 nitrogen and oxygen atoms in total. The van der Waals surface area contributed by atoms with Crippen molar-refractivity contribution in [3.8, 4) is 11.4 Å². The number of esters is 1. The topological polar surface area (TPSA) is 289 Å². The zero-order chi connectivity index (χ0) is 66.3. The summed E-state index contributed by atoms with van der Waals surface area (Å²) in [6.45, 7) is 18.7. The van der Waals surface area contributed by atoms with E-state index in [1.165, 1.54) is 13.6 Å². The number of rotatable bonds is 20. The van der Waals surface area contributed by atoms with Crippen LogP contribution in [0.3, 0.4) is 0 Å². The number of halogens is 9. The molecule has 0 saturated carbocycles. The first kappa shape index (κ1) is 77.6. The molecule has 0 saturated heterocycles. The number of aryl methyl sites for hydroxylation is 3. The summed E-state index contributed by atoms with van der Waals surface area (Å²) in [6.07, 6.45) is 0.763. The minimum atomic E-state index is -3.12. The van der Waals surface area contributed by atoms with E-state index in [1.54, 1.807) is 23.8 Å². The second-order valence-electron chi connectivity index (χ2n) is 20.1. The number of carbonyl (C=O) groups excluding carboxylic acids is 3. The molecule has 6 N–H and O–H groups in total. The van der Waals surface area contributed by atoms with Gasteiger partial charge in [0.25, 0.3) is 5.91 Å². The average molecular weight is 1370 g/mol. The van der Waals surface area contributed by atoms with Crippen LogP contribution in [0.15, 0.2) is 59.4 Å². The molecule has 87 heavy (non-hydrogen) atoms. The molecule has 5 unspecified atom stereocenters. The van der Waals surface area contributed by atoms with Crippen LogP contribution in [0.2, 0.25) is 10.3 Å². The predicted octanol–water partition coefficient (Wildman–Crippen LogP) is 10.9. The van der Waals surface area contributed by atoms with Gasteiger partial charge in [0.15, 0.2) is 18.0 Å². The molecular formula is C55H75Cl6F3N11O11P. The molecule has 3 aromatic carbocycles. The van der Waals surface area contributed by atoms with Crippen molar-refractivity contribution in [3.05, 3.63) is 104 Å². The molecule has 6 rings (SSSR count). The zero-order valence-electron chi connectivity index (χ0n) is 50.1. The number of aromatic nitrogens is 6. The summed E-state index contributed by atoms with van der Waals surface area (Å²) in [5.41, 5.74) is 7.55. The molecule has 484 valence electrons. The Labute approximate surface area is 533 Å². The van der Waals surface area contributed by atoms with Crippen molar-refractivity contribution in [2.75, 3.05) is 72.6 Å². The summed E-state index contributed by atoms with van der Waals surface area (Å²) < 4.78 is 66.8. The number of hydrogen-bond donors (Lipinski definition) is 5. The lowest BCUT2D eigenvalue weighted by Crippen LogP contribution is -2.47. The van der Waals surface area contributed by atoms with Crippen molar-refractivity contribution in [1.29, 1.82) is 0 Å². The summed E-state index contributed by atoms with van der Waals surface area (Å²) >= 11 is 34.7. The number of nitrogens with two attached hydrogens (primary N) is 1. The van der Waals surface area contributed by atoms with E-state index in [0.29, 0.717) is 35.5 Å². The molecule has 5 aromatic rings. The number of anilines is 4. The van der Waals surface area contributed by atoms with E-state index in [0.717, 1.165) is 47.6 Å². The Hall–Kier alpha value is -5.47. The van der Waals surface area contributed by atoms with Gasteiger partial charge in [-0.05, 0) is 128 Å². The van der Waals surface area contributed by atoms with Crippen LogP contribution in [0.25, 0.3) is 5.69 Å². The molecule has 1 aliphatic heterocycles. The van der Waals surface area contributed by atoms with Gasteiger partial charge in [0, 0.05) is 43.5 Å². The number of hydrogen-bond acceptors (Lipinski definition) is 16. The van der Waals surface area contributed by atoms with E-state index >= 15 is 0 Å². The first-order valence-electron chi connectivity index (χ1n) is 26.8. The quantitative estimate of drug-likeness (QED) is 0.0275. The number of para-hydroxylation sites is 3. The highest BCUT2D eigenvalue weighted by Gasteiger charge is 2.32. The highest BCUT2D eigenvalue weighted by Crippen LogP contribution is 2.36. The van der Waals surface area contributed by atoms with E-state index in [-0.39, 0.29) is 92.9 Å². The molecule has 2 aromatic heterocycles. The van der Waals surface area contributed by atoms with Crippen LogP contribution in [0.4, 0.5) is 36.4 Å². The fraction of sp³-hybridized carbons (Fsp3) is 0.509. The molecule has 2 amide bonds. The number of fused-ring (bicyclic) bond motifs is 1. The molecule has 0 radical (unpaired) electrons. The minimum Gasteiger partial charge on any atom is -0.489 e. The normalized spacial score (nSPS) is 14.3. The molecule has 0 bridgehead atoms. The van der Waals surface area contributed by atoms with Gasteiger partial charge in [0.05, 0.1) is 36.7 Å². The molecular weight excluding hydrogens is 1290 g/mol. The predicted molar refractivity (Wildman–Crippen MR) is 336 cm³/mol. The first-order chi connectivity index (χ1) is 40.6. The van der Waals surface area contributed by atoms with Gasteiger partial charge in [-0.15, -0.1) is 28.3 Å². The van der Waals surface area contributed by atoms with Gasteiger partial charge in [-0.3, -0.25) is 23.7 Å². The number of carbonyl (C=O) groups is 4. The smallest absolute Gasteiger partial charge is 0.355 e. The van der Waals surface area contributed by atoms with Crippen LogP contribution in [0.5, 0.6) is 5.75 Å². The average Bonchev–Trinajstić information content (AvgIpc) is 2.06. The Morgan fingerprint density at radius 2 is 1.61 bits per heavy atom. The maximum Gasteiger partial charge on any atom is 0.355 e. The number of amides is 2. The van der Waals surface area contributed by atoms with Crippen molar-refractivity contribution in [1.82, 2.24) is 29.3 Å². The summed E-state index contributed by atoms with van der Waals surface area (Å²) in [6, 6.07) is 14.3. The van der Waals surface area contributed by atoms with Gasteiger partial charge in [0.1, 0.15) is 41.2 Å². The fourth-order valence-electron chi connectivity index (χ4n) is 7.81. The summed E-state index contributed by atoms with van der Waals surface area (Å²) in [4.78, 5) is 81.1. The van der Waals surface area contributed by atoms with Gasteiger partial charge < -0.3 is 50.4 Å². The Kier molecular flexibility index (Phi) is 32.9. The number of nitrogens with one attached hydrogen (secondary N) is 2. The summed E-state index contributed by atoms with van der Waals surface area (Å²) in [7, 11) is -1.47. The van der Waals surface area contributed by atoms with Crippen molar-refractivity contribution in [3.63, 3.8) is 0 Å². The number of carboxylic acid groups (broad SMARTS) is 1. The van der Waals surface area contributed by atoms with E-state index in [2.05, 4.69) is 43.7 Å². The van der Waals surface area contributed by atoms with Crippen molar-refractivity contribution >= 4 is 124 Å². The molecule has 3 heterocycles. The third kappa shape index (κ3) is 25.1. The maximum atomic E-state index is 14.2. The highest BCUT2D eigenvalue weighted by atomic mass is 35.5. The van der Waals surface area contributed by atoms with Crippen LogP contribution in [0, 0.1) is 19.7 Å². The van der Waals surface area contributed by atoms with Crippen LogP contribution >= 0.6 is 77.0 Å². The van der Waals surface area contributed by atoms with E-state index in [1.807, 2.05) is 84.9 Å². The van der Waals surface area contributed by atoms with E-state index in [9.17, 15) is 41.7 Å². The van der Waals surface area contributed by atoms with E-state index in [4.69, 9.17) is 99.5 Å². The number of ether oxygens (including phenoxy) is 3. The number of alkyl halides is 6. The van der Waals surface area contributed by atoms with E-state index < -0.39 is 53.6 Å². The lowest BCUT2D eigenvalue weighted by molar-refractivity contribution is -0.142. The summed E-state index contributed by atoms with van der Waals surface area (Å²) in [5.74, 6) is -1.83. The SMILES string of the molecule is CC1COc2ccccc2N1C(=O)C(Cl)Cl.CCNc1nc(Cl)nc(NC(C)(C)C)n1.CCOC(=O)C(Cl)Cc1cc(-n2nc(C)n(C(F)F)c2=O)c(F)cc1Cl.CCc1cccc(C)c1N(C(=O)CCl)C(C)COC.CP(=O)(O)CCC(N)C(=O)O. The number of aliphatic carboxylic acids is 1. The fourth-order valence-corrected chi connectivity index (χ4v) is 9.52. The lowest BCUT2D eigenvalue weighted by Gasteiger charge is -2.35. The van der Waals surface area contributed by atoms with Crippen LogP contribution in [0.1, 0.15) is 90.9 Å². The lowest BCUT2D eigenvalue weighted by atomic mass is 10.0. The van der Waals surface area contributed by atoms with Crippen LogP contribution in [-0.4, -0.2) is 149 Å². The zero-order valence-corrected chi connectivity index (χ0v) is 55.5. The second kappa shape index (κ2) is 36.9. The van der Waals surface area contributed by atoms with Gasteiger partial charge in [-0.2, -0.15) is 28.4 Å². The molecule has 5 atom stereocenters. The van der Waals surface area contributed by atoms with Gasteiger partial charge in [0.2, 0.25) is 23.1 Å². The number of carboxylic acids is 1. The molecule has 0 spiro atoms. The molecule has 0 fully saturated rings. The Bertz CT molecular complexity index is 3180. The first-order valence-corrected chi connectivity index (χ1v) is 31.7. The molecule has 0 aliphatic carbocycles. The minimum absolute atomic E-state index is 0.0223. The Morgan fingerprint density at radius 1 is 0.977 bits per heavy atom. The van der Waals surface area contributed by atoms with Crippen molar-refractivity contribution < 1.29 is 61.1 Å². The standard InChI is InChI=1S/C15H14Cl2F3N3O3.C15H22ClNO2.C11H11Cl2NO2.C9H16ClN5.C5H12NO4P/c1-3-26-13(24)10(17)4-8-5-12(11(18)6-9(8)16)23-15(25)22(14(19)20)7(2)21-23;1-5-13-8-6-7-11(2)15(13)17(14(18)9-16)12(3)10-19-4;1-7-6-16-9-5-3-2-4-8(9)14(7)11(15)10(12)13;1-5-11-7-12-6(10)13-8(14-7)15-9(2,3)4;1-11(9,10)3-2-4(6)5(7)8/h5-6,10,14H,3-4H2,1-2H3;6-8,12H,5,9-10H2,1-4H3;2-5,7,10H,6H2,1H3;5H2,1-4H3,(H2,11,12,13,14,15);4H,2-3,6H2,1H3,(H,7,8)(H,9,10). The Balaban J connectivity index is 0.000000382. The Morgan fingerprint density at radius 3 is 2.14 bits per heavy atom. The molecule has 32 heteroatoms. The number of benzene rings is 3. The third-order valence-electron chi connectivity index (χ3n) is 11.7. The van der Waals surface area contributed by atoms with Crippen molar-refractivity contribution in [2.24, 2.45) is 5.73 Å². The van der Waals surface area contributed by atoms with Crippen molar-refractivity contribution in [2.45, 2.75) is 129 Å². The summed E-state index contributed by atoms with van der Waals surface area (Å²) in [5, 5.41) is 17.1. The molecule has 1 aliphatic rings. The number of nitrogens with zero attached hydrogens (tertiary/aromatic N) is 8. The monoisotopic (exact) mass is 1360 g/mol. The van der Waals surface area contributed by atoms with Gasteiger partial charge in [-0.1, -0.05) is 72.1 Å². The van der Waals surface area contributed by atoms with Crippen LogP contribution in [-0.2, 0) is 46.1 Å².